The van der Waals surface area contributed by atoms with E-state index in [1.54, 1.807) is 0 Å². The molecular formula is C8H16O2. The molecule has 1 aliphatic rings. The van der Waals surface area contributed by atoms with Crippen LogP contribution in [0.15, 0.2) is 0 Å². The molecule has 1 saturated heterocycles. The first kappa shape index (κ1) is 8.02. The van der Waals surface area contributed by atoms with E-state index >= 15 is 0 Å². The molecule has 0 aliphatic carbocycles. The quantitative estimate of drug-likeness (QED) is 0.596. The minimum atomic E-state index is 0.0937. The first-order valence-corrected chi connectivity index (χ1v) is 3.96. The Morgan fingerprint density at radius 1 is 1.50 bits per heavy atom. The molecule has 1 fully saturated rings. The maximum atomic E-state index is 8.82. The Bertz CT molecular complexity index is 103. The minimum absolute atomic E-state index is 0.0937. The van der Waals surface area contributed by atoms with E-state index in [0.717, 1.165) is 6.61 Å². The lowest BCUT2D eigenvalue weighted by molar-refractivity contribution is -0.0706. The third-order valence-electron chi connectivity index (χ3n) is 2.18. The second kappa shape index (κ2) is 3.35. The summed E-state index contributed by atoms with van der Waals surface area (Å²) in [5.41, 5.74) is 0. The van der Waals surface area contributed by atoms with Crippen LogP contribution in [0, 0.1) is 11.8 Å². The number of aliphatic hydroxyl groups excluding tert-OH is 1. The Morgan fingerprint density at radius 2 is 2.20 bits per heavy atom. The number of aliphatic hydroxyl groups is 1. The molecule has 0 radical (unpaired) electrons. The molecule has 0 bridgehead atoms. The van der Waals surface area contributed by atoms with E-state index in [9.17, 15) is 0 Å². The Labute approximate surface area is 62.2 Å². The summed E-state index contributed by atoms with van der Waals surface area (Å²) < 4.78 is 5.40. The van der Waals surface area contributed by atoms with Crippen molar-refractivity contribution in [2.45, 2.75) is 26.4 Å². The molecule has 2 nitrogen and oxygen atoms in total. The standard InChI is InChI=1S/C8H16O2/c1-6-3-7(2)8(4-9)10-5-6/h6-9H,3-5H2,1-2H3/t6?,7-,8?/m0/s1. The molecule has 0 aromatic carbocycles. The molecule has 0 aromatic heterocycles. The molecule has 2 unspecified atom stereocenters. The van der Waals surface area contributed by atoms with Crippen molar-refractivity contribution in [3.8, 4) is 0 Å². The van der Waals surface area contributed by atoms with Crippen LogP contribution < -0.4 is 0 Å². The number of rotatable bonds is 1. The third kappa shape index (κ3) is 1.70. The summed E-state index contributed by atoms with van der Waals surface area (Å²) >= 11 is 0. The fourth-order valence-electron chi connectivity index (χ4n) is 1.54. The minimum Gasteiger partial charge on any atom is -0.394 e. The molecule has 0 spiro atoms. The van der Waals surface area contributed by atoms with Crippen molar-refractivity contribution in [3.05, 3.63) is 0 Å². The van der Waals surface area contributed by atoms with Crippen LogP contribution in [0.3, 0.4) is 0 Å². The molecule has 1 N–H and O–H groups in total. The van der Waals surface area contributed by atoms with Gasteiger partial charge in [-0.05, 0) is 18.3 Å². The summed E-state index contributed by atoms with van der Waals surface area (Å²) in [6, 6.07) is 0. The predicted molar refractivity (Wildman–Crippen MR) is 39.8 cm³/mol. The van der Waals surface area contributed by atoms with Crippen LogP contribution in [0.1, 0.15) is 20.3 Å². The molecule has 1 heterocycles. The summed E-state index contributed by atoms with van der Waals surface area (Å²) in [4.78, 5) is 0. The Kier molecular flexibility index (Phi) is 2.69. The zero-order valence-electron chi connectivity index (χ0n) is 6.71. The smallest absolute Gasteiger partial charge is 0.0831 e. The lowest BCUT2D eigenvalue weighted by Gasteiger charge is -2.31. The van der Waals surface area contributed by atoms with Gasteiger partial charge in [0.15, 0.2) is 0 Å². The number of ether oxygens (including phenoxy) is 1. The highest BCUT2D eigenvalue weighted by Gasteiger charge is 2.24. The van der Waals surface area contributed by atoms with E-state index in [-0.39, 0.29) is 12.7 Å². The van der Waals surface area contributed by atoms with Gasteiger partial charge in [-0.1, -0.05) is 13.8 Å². The number of hydrogen-bond donors (Lipinski definition) is 1. The van der Waals surface area contributed by atoms with Gasteiger partial charge in [0.25, 0.3) is 0 Å². The number of hydrogen-bond acceptors (Lipinski definition) is 2. The lowest BCUT2D eigenvalue weighted by Crippen LogP contribution is -2.34. The summed E-state index contributed by atoms with van der Waals surface area (Å²) in [5, 5.41) is 8.82. The van der Waals surface area contributed by atoms with Crippen molar-refractivity contribution in [1.29, 1.82) is 0 Å². The molecule has 3 atom stereocenters. The Hall–Kier alpha value is -0.0800. The summed E-state index contributed by atoms with van der Waals surface area (Å²) in [5.74, 6) is 1.19. The van der Waals surface area contributed by atoms with Crippen molar-refractivity contribution >= 4 is 0 Å². The van der Waals surface area contributed by atoms with Gasteiger partial charge in [0.1, 0.15) is 0 Å². The van der Waals surface area contributed by atoms with E-state index < -0.39 is 0 Å². The molecule has 0 saturated carbocycles. The van der Waals surface area contributed by atoms with Crippen LogP contribution >= 0.6 is 0 Å². The monoisotopic (exact) mass is 144 g/mol. The Morgan fingerprint density at radius 3 is 2.70 bits per heavy atom. The third-order valence-corrected chi connectivity index (χ3v) is 2.18. The van der Waals surface area contributed by atoms with Crippen LogP contribution in [0.5, 0.6) is 0 Å². The van der Waals surface area contributed by atoms with Crippen molar-refractivity contribution < 1.29 is 9.84 Å². The highest BCUT2D eigenvalue weighted by atomic mass is 16.5. The maximum absolute atomic E-state index is 8.82. The summed E-state index contributed by atoms with van der Waals surface area (Å²) in [6.07, 6.45) is 1.28. The highest BCUT2D eigenvalue weighted by molar-refractivity contribution is 4.73. The average molecular weight is 144 g/mol. The average Bonchev–Trinajstić information content (AvgIpc) is 1.88. The molecule has 2 heteroatoms. The lowest BCUT2D eigenvalue weighted by atomic mass is 9.91. The normalized spacial score (nSPS) is 41.7. The summed E-state index contributed by atoms with van der Waals surface area (Å²) in [7, 11) is 0. The fourth-order valence-corrected chi connectivity index (χ4v) is 1.54. The van der Waals surface area contributed by atoms with E-state index in [4.69, 9.17) is 9.84 Å². The summed E-state index contributed by atoms with van der Waals surface area (Å²) in [6.45, 7) is 5.31. The van der Waals surface area contributed by atoms with Gasteiger partial charge in [-0.25, -0.2) is 0 Å². The van der Waals surface area contributed by atoms with Crippen LogP contribution in [-0.2, 0) is 4.74 Å². The topological polar surface area (TPSA) is 29.5 Å². The first-order chi connectivity index (χ1) is 4.74. The predicted octanol–water partition coefficient (Wildman–Crippen LogP) is 1.04. The van der Waals surface area contributed by atoms with Gasteiger partial charge in [0.05, 0.1) is 12.7 Å². The van der Waals surface area contributed by atoms with Gasteiger partial charge in [-0.2, -0.15) is 0 Å². The van der Waals surface area contributed by atoms with Crippen LogP contribution in [-0.4, -0.2) is 24.4 Å². The molecule has 0 amide bonds. The second-order valence-electron chi connectivity index (χ2n) is 3.37. The van der Waals surface area contributed by atoms with Gasteiger partial charge < -0.3 is 9.84 Å². The van der Waals surface area contributed by atoms with E-state index in [1.807, 2.05) is 0 Å². The molecule has 1 rings (SSSR count). The van der Waals surface area contributed by atoms with E-state index in [2.05, 4.69) is 13.8 Å². The van der Waals surface area contributed by atoms with Gasteiger partial charge in [0.2, 0.25) is 0 Å². The van der Waals surface area contributed by atoms with Gasteiger partial charge in [-0.15, -0.1) is 0 Å². The maximum Gasteiger partial charge on any atom is 0.0831 e. The Balaban J connectivity index is 2.36. The highest BCUT2D eigenvalue weighted by Crippen LogP contribution is 2.23. The molecule has 60 valence electrons. The van der Waals surface area contributed by atoms with Crippen LogP contribution in [0.4, 0.5) is 0 Å². The first-order valence-electron chi connectivity index (χ1n) is 3.96. The zero-order valence-corrected chi connectivity index (χ0v) is 6.71. The van der Waals surface area contributed by atoms with Crippen molar-refractivity contribution in [2.24, 2.45) is 11.8 Å². The van der Waals surface area contributed by atoms with E-state index in [0.29, 0.717) is 11.8 Å². The van der Waals surface area contributed by atoms with Gasteiger partial charge >= 0.3 is 0 Å². The fraction of sp³-hybridized carbons (Fsp3) is 1.00. The second-order valence-corrected chi connectivity index (χ2v) is 3.37. The SMILES string of the molecule is CC1COC(CO)[C@@H](C)C1. The van der Waals surface area contributed by atoms with E-state index in [1.165, 1.54) is 6.42 Å². The van der Waals surface area contributed by atoms with Crippen molar-refractivity contribution in [1.82, 2.24) is 0 Å². The van der Waals surface area contributed by atoms with Crippen molar-refractivity contribution in [2.75, 3.05) is 13.2 Å². The van der Waals surface area contributed by atoms with Crippen LogP contribution in [0.2, 0.25) is 0 Å². The molecular weight excluding hydrogens is 128 g/mol. The molecule has 1 aliphatic heterocycles. The molecule has 10 heavy (non-hydrogen) atoms. The van der Waals surface area contributed by atoms with Crippen molar-refractivity contribution in [3.63, 3.8) is 0 Å². The zero-order chi connectivity index (χ0) is 7.56. The molecule has 0 aromatic rings. The largest absolute Gasteiger partial charge is 0.394 e. The van der Waals surface area contributed by atoms with Gasteiger partial charge in [0, 0.05) is 6.61 Å². The van der Waals surface area contributed by atoms with Crippen LogP contribution in [0.25, 0.3) is 0 Å². The van der Waals surface area contributed by atoms with Gasteiger partial charge in [-0.3, -0.25) is 0 Å².